The molecule has 3 N–H and O–H groups in total. The highest BCUT2D eigenvalue weighted by atomic mass is 16.3. The van der Waals surface area contributed by atoms with Gasteiger partial charge in [-0.15, -0.1) is 0 Å². The van der Waals surface area contributed by atoms with Crippen molar-refractivity contribution in [2.24, 2.45) is 5.92 Å². The molecule has 1 aromatic carbocycles. The molecular formula is C14H20N2O3. The molecule has 1 rings (SSSR count). The van der Waals surface area contributed by atoms with Crippen molar-refractivity contribution >= 4 is 17.5 Å². The van der Waals surface area contributed by atoms with E-state index in [2.05, 4.69) is 10.6 Å². The smallest absolute Gasteiger partial charge is 0.313 e. The lowest BCUT2D eigenvalue weighted by Crippen LogP contribution is -2.36. The SMILES string of the molecule is Cc1cc(O)ccc1NC(=O)C(=O)NCCC(C)C. The van der Waals surface area contributed by atoms with Crippen molar-refractivity contribution in [3.8, 4) is 5.75 Å². The van der Waals surface area contributed by atoms with Crippen LogP contribution in [0.15, 0.2) is 18.2 Å². The van der Waals surface area contributed by atoms with Gasteiger partial charge in [0.25, 0.3) is 0 Å². The number of carbonyl (C=O) groups excluding carboxylic acids is 2. The van der Waals surface area contributed by atoms with E-state index < -0.39 is 11.8 Å². The molecule has 0 aliphatic rings. The van der Waals surface area contributed by atoms with Gasteiger partial charge >= 0.3 is 11.8 Å². The van der Waals surface area contributed by atoms with Gasteiger partial charge in [-0.25, -0.2) is 0 Å². The van der Waals surface area contributed by atoms with E-state index in [9.17, 15) is 14.7 Å². The molecule has 0 bridgehead atoms. The van der Waals surface area contributed by atoms with Crippen molar-refractivity contribution < 1.29 is 14.7 Å². The molecule has 5 heteroatoms. The lowest BCUT2D eigenvalue weighted by atomic mass is 10.1. The summed E-state index contributed by atoms with van der Waals surface area (Å²) in [4.78, 5) is 23.2. The van der Waals surface area contributed by atoms with Crippen LogP contribution in [-0.4, -0.2) is 23.5 Å². The van der Waals surface area contributed by atoms with Crippen LogP contribution >= 0.6 is 0 Å². The quantitative estimate of drug-likeness (QED) is 0.573. The minimum atomic E-state index is -0.697. The van der Waals surface area contributed by atoms with Crippen LogP contribution in [0, 0.1) is 12.8 Å². The summed E-state index contributed by atoms with van der Waals surface area (Å²) in [6, 6.07) is 4.54. The first-order valence-electron chi connectivity index (χ1n) is 6.29. The third-order valence-corrected chi connectivity index (χ3v) is 2.67. The minimum Gasteiger partial charge on any atom is -0.508 e. The molecule has 104 valence electrons. The van der Waals surface area contributed by atoms with Gasteiger partial charge in [0.2, 0.25) is 0 Å². The van der Waals surface area contributed by atoms with Crippen molar-refractivity contribution in [1.82, 2.24) is 5.32 Å². The van der Waals surface area contributed by atoms with Crippen LogP contribution in [-0.2, 0) is 9.59 Å². The molecule has 0 heterocycles. The second-order valence-electron chi connectivity index (χ2n) is 4.89. The summed E-state index contributed by atoms with van der Waals surface area (Å²) >= 11 is 0. The summed E-state index contributed by atoms with van der Waals surface area (Å²) < 4.78 is 0. The number of carbonyl (C=O) groups is 2. The number of nitrogens with one attached hydrogen (secondary N) is 2. The van der Waals surface area contributed by atoms with Crippen LogP contribution in [0.25, 0.3) is 0 Å². The summed E-state index contributed by atoms with van der Waals surface area (Å²) in [5.74, 6) is -0.745. The van der Waals surface area contributed by atoms with Gasteiger partial charge in [0.15, 0.2) is 0 Å². The number of amides is 2. The lowest BCUT2D eigenvalue weighted by molar-refractivity contribution is -0.136. The maximum Gasteiger partial charge on any atom is 0.313 e. The second-order valence-corrected chi connectivity index (χ2v) is 4.89. The fourth-order valence-corrected chi connectivity index (χ4v) is 1.52. The van der Waals surface area contributed by atoms with E-state index in [4.69, 9.17) is 0 Å². The van der Waals surface area contributed by atoms with E-state index in [0.717, 1.165) is 6.42 Å². The molecule has 0 radical (unpaired) electrons. The molecule has 0 spiro atoms. The molecular weight excluding hydrogens is 244 g/mol. The first-order chi connectivity index (χ1) is 8.90. The van der Waals surface area contributed by atoms with E-state index in [-0.39, 0.29) is 5.75 Å². The van der Waals surface area contributed by atoms with Crippen molar-refractivity contribution in [3.63, 3.8) is 0 Å². The summed E-state index contributed by atoms with van der Waals surface area (Å²) in [5.41, 5.74) is 1.21. The molecule has 0 unspecified atom stereocenters. The van der Waals surface area contributed by atoms with E-state index in [1.807, 2.05) is 13.8 Å². The molecule has 1 aromatic rings. The van der Waals surface area contributed by atoms with E-state index in [1.165, 1.54) is 12.1 Å². The number of phenols is 1. The highest BCUT2D eigenvalue weighted by molar-refractivity contribution is 6.39. The van der Waals surface area contributed by atoms with Gasteiger partial charge in [0.05, 0.1) is 0 Å². The van der Waals surface area contributed by atoms with Crippen LogP contribution in [0.1, 0.15) is 25.8 Å². The topological polar surface area (TPSA) is 78.4 Å². The largest absolute Gasteiger partial charge is 0.508 e. The minimum absolute atomic E-state index is 0.122. The average Bonchev–Trinajstić information content (AvgIpc) is 2.32. The van der Waals surface area contributed by atoms with Crippen LogP contribution in [0.5, 0.6) is 5.75 Å². The third-order valence-electron chi connectivity index (χ3n) is 2.67. The number of phenolic OH excluding ortho intramolecular Hbond substituents is 1. The number of benzene rings is 1. The van der Waals surface area contributed by atoms with Gasteiger partial charge in [0.1, 0.15) is 5.75 Å². The number of rotatable bonds is 4. The fourth-order valence-electron chi connectivity index (χ4n) is 1.52. The molecule has 2 amide bonds. The normalized spacial score (nSPS) is 10.3. The highest BCUT2D eigenvalue weighted by Gasteiger charge is 2.14. The van der Waals surface area contributed by atoms with Crippen molar-refractivity contribution in [1.29, 1.82) is 0 Å². The maximum absolute atomic E-state index is 11.6. The number of anilines is 1. The first-order valence-corrected chi connectivity index (χ1v) is 6.29. The van der Waals surface area contributed by atoms with Gasteiger partial charge in [-0.2, -0.15) is 0 Å². The Labute approximate surface area is 113 Å². The Balaban J connectivity index is 2.52. The molecule has 0 aromatic heterocycles. The molecule has 0 saturated carbocycles. The Hall–Kier alpha value is -2.04. The van der Waals surface area contributed by atoms with E-state index in [0.29, 0.717) is 23.7 Å². The molecule has 0 aliphatic heterocycles. The Morgan fingerprint density at radius 3 is 2.53 bits per heavy atom. The summed E-state index contributed by atoms with van der Waals surface area (Å²) in [5, 5.41) is 14.3. The van der Waals surface area contributed by atoms with Gasteiger partial charge in [0, 0.05) is 12.2 Å². The highest BCUT2D eigenvalue weighted by Crippen LogP contribution is 2.19. The molecule has 0 atom stereocenters. The van der Waals surface area contributed by atoms with Crippen LogP contribution in [0.4, 0.5) is 5.69 Å². The molecule has 0 saturated heterocycles. The number of aryl methyl sites for hydroxylation is 1. The predicted molar refractivity (Wildman–Crippen MR) is 73.9 cm³/mol. The van der Waals surface area contributed by atoms with Gasteiger partial charge in [-0.3, -0.25) is 9.59 Å². The van der Waals surface area contributed by atoms with Crippen LogP contribution < -0.4 is 10.6 Å². The van der Waals surface area contributed by atoms with Crippen LogP contribution in [0.2, 0.25) is 0 Å². The number of hydrogen-bond acceptors (Lipinski definition) is 3. The van der Waals surface area contributed by atoms with Crippen LogP contribution in [0.3, 0.4) is 0 Å². The predicted octanol–water partition coefficient (Wildman–Crippen LogP) is 1.80. The third kappa shape index (κ3) is 4.99. The summed E-state index contributed by atoms with van der Waals surface area (Å²) in [6.45, 7) is 6.32. The monoisotopic (exact) mass is 264 g/mol. The number of hydrogen-bond donors (Lipinski definition) is 3. The van der Waals surface area contributed by atoms with Gasteiger partial charge in [-0.1, -0.05) is 13.8 Å². The first kappa shape index (κ1) is 15.0. The Morgan fingerprint density at radius 2 is 1.95 bits per heavy atom. The zero-order valence-electron chi connectivity index (χ0n) is 11.5. The average molecular weight is 264 g/mol. The Morgan fingerprint density at radius 1 is 1.26 bits per heavy atom. The fraction of sp³-hybridized carbons (Fsp3) is 0.429. The second kappa shape index (κ2) is 6.78. The van der Waals surface area contributed by atoms with Crippen molar-refractivity contribution in [3.05, 3.63) is 23.8 Å². The molecule has 0 fully saturated rings. The summed E-state index contributed by atoms with van der Waals surface area (Å²) in [6.07, 6.45) is 0.831. The number of aromatic hydroxyl groups is 1. The Bertz CT molecular complexity index is 470. The van der Waals surface area contributed by atoms with E-state index in [1.54, 1.807) is 13.0 Å². The van der Waals surface area contributed by atoms with Crippen molar-refractivity contribution in [2.75, 3.05) is 11.9 Å². The Kier molecular flexibility index (Phi) is 5.36. The molecule has 0 aliphatic carbocycles. The zero-order chi connectivity index (χ0) is 14.4. The molecule has 19 heavy (non-hydrogen) atoms. The maximum atomic E-state index is 11.6. The van der Waals surface area contributed by atoms with Gasteiger partial charge in [-0.05, 0) is 43.0 Å². The standard InChI is InChI=1S/C14H20N2O3/c1-9(2)6-7-15-13(18)14(19)16-12-5-4-11(17)8-10(12)3/h4-5,8-9,17H,6-7H2,1-3H3,(H,15,18)(H,16,19). The summed E-state index contributed by atoms with van der Waals surface area (Å²) in [7, 11) is 0. The van der Waals surface area contributed by atoms with E-state index >= 15 is 0 Å². The van der Waals surface area contributed by atoms with Gasteiger partial charge < -0.3 is 15.7 Å². The lowest BCUT2D eigenvalue weighted by Gasteiger charge is -2.09. The molecule has 5 nitrogen and oxygen atoms in total. The van der Waals surface area contributed by atoms with Crippen molar-refractivity contribution in [2.45, 2.75) is 27.2 Å². The zero-order valence-corrected chi connectivity index (χ0v) is 11.5.